The third-order valence-electron chi connectivity index (χ3n) is 4.84. The summed E-state index contributed by atoms with van der Waals surface area (Å²) in [6.07, 6.45) is 2.18. The summed E-state index contributed by atoms with van der Waals surface area (Å²) in [6, 6.07) is 13.4. The van der Waals surface area contributed by atoms with E-state index in [1.807, 2.05) is 6.07 Å². The number of nitrogens with two attached hydrogens (primary N) is 1. The third-order valence-corrected chi connectivity index (χ3v) is 4.84. The Bertz CT molecular complexity index is 696. The van der Waals surface area contributed by atoms with Crippen LogP contribution in [0.5, 0.6) is 5.75 Å². The molecule has 0 fully saturated rings. The summed E-state index contributed by atoms with van der Waals surface area (Å²) in [5, 5.41) is 0. The van der Waals surface area contributed by atoms with Gasteiger partial charge in [0.05, 0.1) is 7.11 Å². The number of hydrogen-bond donors (Lipinski definition) is 1. The van der Waals surface area contributed by atoms with Crippen molar-refractivity contribution in [3.63, 3.8) is 0 Å². The number of methoxy groups -OCH3 is 1. The van der Waals surface area contributed by atoms with Gasteiger partial charge < -0.3 is 10.5 Å². The van der Waals surface area contributed by atoms with Crippen LogP contribution in [0.1, 0.15) is 28.3 Å². The molecule has 0 aliphatic carbocycles. The molecular formula is C18H20N2O. The molecule has 0 radical (unpaired) electrons. The van der Waals surface area contributed by atoms with Crippen molar-refractivity contribution >= 4 is 5.69 Å². The van der Waals surface area contributed by atoms with Gasteiger partial charge in [-0.1, -0.05) is 12.1 Å². The van der Waals surface area contributed by atoms with E-state index in [1.165, 1.54) is 22.3 Å². The molecule has 2 aliphatic rings. The summed E-state index contributed by atoms with van der Waals surface area (Å²) in [4.78, 5) is 2.58. The quantitative estimate of drug-likeness (QED) is 0.816. The van der Waals surface area contributed by atoms with E-state index in [2.05, 4.69) is 35.2 Å². The first-order valence-corrected chi connectivity index (χ1v) is 7.53. The first-order chi connectivity index (χ1) is 10.2. The zero-order valence-corrected chi connectivity index (χ0v) is 12.3. The Kier molecular flexibility index (Phi) is 2.89. The molecule has 108 valence electrons. The van der Waals surface area contributed by atoms with Gasteiger partial charge in [-0.25, -0.2) is 0 Å². The first-order valence-electron chi connectivity index (χ1n) is 7.53. The molecule has 3 nitrogen and oxygen atoms in total. The topological polar surface area (TPSA) is 38.5 Å². The van der Waals surface area contributed by atoms with E-state index in [4.69, 9.17) is 10.5 Å². The highest BCUT2D eigenvalue weighted by atomic mass is 16.5. The highest BCUT2D eigenvalue weighted by Gasteiger charge is 2.31. The molecule has 0 amide bonds. The number of ether oxygens (including phenoxy) is 1. The fourth-order valence-corrected chi connectivity index (χ4v) is 3.71. The van der Waals surface area contributed by atoms with E-state index in [1.54, 1.807) is 7.11 Å². The monoisotopic (exact) mass is 280 g/mol. The van der Waals surface area contributed by atoms with Crippen LogP contribution >= 0.6 is 0 Å². The standard InChI is InChI=1S/C18H20N2O/c1-21-16-4-5-17-13(9-16)6-7-20-11-14-8-15(19)3-2-12(14)10-18(17)20/h2-5,8-9,18H,6-7,10-11,19H2,1H3. The van der Waals surface area contributed by atoms with Gasteiger partial charge in [-0.05, 0) is 59.4 Å². The van der Waals surface area contributed by atoms with Crippen molar-refractivity contribution in [3.05, 3.63) is 58.7 Å². The molecule has 3 heteroatoms. The Morgan fingerprint density at radius 2 is 2.00 bits per heavy atom. The van der Waals surface area contributed by atoms with Crippen molar-refractivity contribution in [1.82, 2.24) is 4.90 Å². The summed E-state index contributed by atoms with van der Waals surface area (Å²) < 4.78 is 5.36. The fourth-order valence-electron chi connectivity index (χ4n) is 3.71. The number of nitrogen functional groups attached to an aromatic ring is 1. The van der Waals surface area contributed by atoms with Crippen LogP contribution in [0.3, 0.4) is 0 Å². The minimum atomic E-state index is 0.496. The number of benzene rings is 2. The van der Waals surface area contributed by atoms with Crippen LogP contribution < -0.4 is 10.5 Å². The maximum atomic E-state index is 5.93. The summed E-state index contributed by atoms with van der Waals surface area (Å²) >= 11 is 0. The molecule has 0 spiro atoms. The van der Waals surface area contributed by atoms with Gasteiger partial charge in [0.1, 0.15) is 5.75 Å². The lowest BCUT2D eigenvalue weighted by Crippen LogP contribution is -2.39. The number of anilines is 1. The molecule has 2 aromatic rings. The molecule has 2 N–H and O–H groups in total. The van der Waals surface area contributed by atoms with Crippen molar-refractivity contribution in [2.24, 2.45) is 0 Å². The van der Waals surface area contributed by atoms with Crippen molar-refractivity contribution in [3.8, 4) is 5.75 Å². The summed E-state index contributed by atoms with van der Waals surface area (Å²) in [7, 11) is 1.73. The Hall–Kier alpha value is -2.00. The van der Waals surface area contributed by atoms with Crippen molar-refractivity contribution in [2.45, 2.75) is 25.4 Å². The largest absolute Gasteiger partial charge is 0.497 e. The van der Waals surface area contributed by atoms with Crippen LogP contribution in [0, 0.1) is 0 Å². The Labute approximate surface area is 125 Å². The van der Waals surface area contributed by atoms with Gasteiger partial charge in [0.25, 0.3) is 0 Å². The smallest absolute Gasteiger partial charge is 0.119 e. The van der Waals surface area contributed by atoms with Gasteiger partial charge in [0.15, 0.2) is 0 Å². The highest BCUT2D eigenvalue weighted by molar-refractivity contribution is 5.48. The number of fused-ring (bicyclic) bond motifs is 4. The van der Waals surface area contributed by atoms with Crippen LogP contribution in [0.25, 0.3) is 0 Å². The zero-order chi connectivity index (χ0) is 14.4. The van der Waals surface area contributed by atoms with Crippen LogP contribution in [0.4, 0.5) is 5.69 Å². The van der Waals surface area contributed by atoms with Crippen LogP contribution in [-0.2, 0) is 19.4 Å². The number of nitrogens with zero attached hydrogens (tertiary/aromatic N) is 1. The van der Waals surface area contributed by atoms with E-state index in [-0.39, 0.29) is 0 Å². The molecule has 2 aliphatic heterocycles. The maximum Gasteiger partial charge on any atom is 0.119 e. The van der Waals surface area contributed by atoms with E-state index >= 15 is 0 Å². The Balaban J connectivity index is 1.73. The van der Waals surface area contributed by atoms with Gasteiger partial charge in [0.2, 0.25) is 0 Å². The van der Waals surface area contributed by atoms with E-state index in [0.717, 1.165) is 37.4 Å². The molecule has 1 atom stereocenters. The molecule has 0 saturated carbocycles. The van der Waals surface area contributed by atoms with E-state index in [0.29, 0.717) is 6.04 Å². The summed E-state index contributed by atoms with van der Waals surface area (Å²) in [6.45, 7) is 2.12. The molecule has 0 bridgehead atoms. The second-order valence-electron chi connectivity index (χ2n) is 6.03. The van der Waals surface area contributed by atoms with Gasteiger partial charge in [-0.2, -0.15) is 0 Å². The van der Waals surface area contributed by atoms with Crippen LogP contribution in [0.15, 0.2) is 36.4 Å². The Morgan fingerprint density at radius 1 is 1.10 bits per heavy atom. The van der Waals surface area contributed by atoms with Gasteiger partial charge >= 0.3 is 0 Å². The highest BCUT2D eigenvalue weighted by Crippen LogP contribution is 2.39. The third kappa shape index (κ3) is 2.09. The van der Waals surface area contributed by atoms with Crippen molar-refractivity contribution < 1.29 is 4.74 Å². The average molecular weight is 280 g/mol. The van der Waals surface area contributed by atoms with Crippen LogP contribution in [0.2, 0.25) is 0 Å². The lowest BCUT2D eigenvalue weighted by Gasteiger charge is -2.41. The van der Waals surface area contributed by atoms with E-state index in [9.17, 15) is 0 Å². The second-order valence-corrected chi connectivity index (χ2v) is 6.03. The Morgan fingerprint density at radius 3 is 2.86 bits per heavy atom. The molecule has 21 heavy (non-hydrogen) atoms. The molecule has 2 aromatic carbocycles. The zero-order valence-electron chi connectivity index (χ0n) is 12.3. The molecule has 2 heterocycles. The van der Waals surface area contributed by atoms with Gasteiger partial charge in [-0.15, -0.1) is 0 Å². The molecular weight excluding hydrogens is 260 g/mol. The van der Waals surface area contributed by atoms with Crippen LogP contribution in [-0.4, -0.2) is 18.6 Å². The number of hydrogen-bond acceptors (Lipinski definition) is 3. The minimum Gasteiger partial charge on any atom is -0.497 e. The molecule has 1 unspecified atom stereocenters. The van der Waals surface area contributed by atoms with Gasteiger partial charge in [-0.3, -0.25) is 4.90 Å². The van der Waals surface area contributed by atoms with Gasteiger partial charge in [0, 0.05) is 24.8 Å². The predicted molar refractivity (Wildman–Crippen MR) is 84.4 cm³/mol. The fraction of sp³-hybridized carbons (Fsp3) is 0.333. The SMILES string of the molecule is COc1ccc2c(c1)CCN1Cc3cc(N)ccc3CC21. The lowest BCUT2D eigenvalue weighted by molar-refractivity contribution is 0.161. The summed E-state index contributed by atoms with van der Waals surface area (Å²) in [5.41, 5.74) is 12.5. The lowest BCUT2D eigenvalue weighted by atomic mass is 9.84. The van der Waals surface area contributed by atoms with Crippen molar-refractivity contribution in [1.29, 1.82) is 0 Å². The normalized spacial score (nSPS) is 20.3. The maximum absolute atomic E-state index is 5.93. The predicted octanol–water partition coefficient (Wildman–Crippen LogP) is 2.93. The first kappa shape index (κ1) is 12.7. The van der Waals surface area contributed by atoms with E-state index < -0.39 is 0 Å². The number of rotatable bonds is 1. The van der Waals surface area contributed by atoms with Crippen molar-refractivity contribution in [2.75, 3.05) is 19.4 Å². The molecule has 0 aromatic heterocycles. The molecule has 4 rings (SSSR count). The molecule has 0 saturated heterocycles. The average Bonchev–Trinajstić information content (AvgIpc) is 2.52. The minimum absolute atomic E-state index is 0.496. The second kappa shape index (κ2) is 4.78. The summed E-state index contributed by atoms with van der Waals surface area (Å²) in [5.74, 6) is 0.964.